The van der Waals surface area contributed by atoms with Crippen LogP contribution in [0.15, 0.2) is 30.5 Å². The van der Waals surface area contributed by atoms with E-state index < -0.39 is 17.6 Å². The third-order valence-electron chi connectivity index (χ3n) is 2.29. The number of benzene rings is 1. The second kappa shape index (κ2) is 4.93. The Morgan fingerprint density at radius 3 is 2.37 bits per heavy atom. The maximum Gasteiger partial charge on any atom is 0.416 e. The predicted molar refractivity (Wildman–Crippen MR) is 63.0 cm³/mol. The number of nitrogens with one attached hydrogen (secondary N) is 2. The number of rotatable bonds is 2. The van der Waals surface area contributed by atoms with Crippen LogP contribution in [0.1, 0.15) is 16.1 Å². The molecule has 0 atom stereocenters. The van der Waals surface area contributed by atoms with Crippen LogP contribution in [-0.4, -0.2) is 16.1 Å². The van der Waals surface area contributed by atoms with E-state index in [1.165, 1.54) is 6.20 Å². The highest BCUT2D eigenvalue weighted by Gasteiger charge is 2.30. The van der Waals surface area contributed by atoms with Gasteiger partial charge in [-0.3, -0.25) is 9.89 Å². The summed E-state index contributed by atoms with van der Waals surface area (Å²) in [6.07, 6.45) is -3.15. The van der Waals surface area contributed by atoms with Crippen molar-refractivity contribution >= 4 is 23.2 Å². The van der Waals surface area contributed by atoms with Gasteiger partial charge in [-0.1, -0.05) is 11.6 Å². The van der Waals surface area contributed by atoms with Crippen molar-refractivity contribution in [2.45, 2.75) is 6.18 Å². The molecular formula is C11H7ClF3N3O. The minimum absolute atomic E-state index is 0.0431. The third kappa shape index (κ3) is 3.05. The molecule has 1 aromatic carbocycles. The van der Waals surface area contributed by atoms with E-state index >= 15 is 0 Å². The van der Waals surface area contributed by atoms with Crippen LogP contribution in [-0.2, 0) is 6.18 Å². The molecular weight excluding hydrogens is 283 g/mol. The molecule has 0 saturated carbocycles. The molecule has 8 heteroatoms. The van der Waals surface area contributed by atoms with Crippen LogP contribution in [0.5, 0.6) is 0 Å². The first-order chi connectivity index (χ1) is 8.88. The number of amides is 1. The van der Waals surface area contributed by atoms with Gasteiger partial charge in [0.05, 0.1) is 16.8 Å². The van der Waals surface area contributed by atoms with Crippen molar-refractivity contribution in [3.05, 3.63) is 46.7 Å². The van der Waals surface area contributed by atoms with Crippen molar-refractivity contribution in [1.82, 2.24) is 10.2 Å². The molecule has 0 spiro atoms. The molecule has 0 aliphatic heterocycles. The number of alkyl halides is 3. The molecule has 0 fully saturated rings. The van der Waals surface area contributed by atoms with Gasteiger partial charge in [0.15, 0.2) is 0 Å². The van der Waals surface area contributed by atoms with Crippen LogP contribution in [0.25, 0.3) is 0 Å². The first kappa shape index (κ1) is 13.4. The van der Waals surface area contributed by atoms with Crippen LogP contribution in [0, 0.1) is 0 Å². The maximum atomic E-state index is 12.3. The zero-order valence-corrected chi connectivity index (χ0v) is 10.0. The lowest BCUT2D eigenvalue weighted by atomic mass is 10.2. The monoisotopic (exact) mass is 289 g/mol. The summed E-state index contributed by atoms with van der Waals surface area (Å²) in [7, 11) is 0. The Kier molecular flexibility index (Phi) is 3.48. The van der Waals surface area contributed by atoms with E-state index in [2.05, 4.69) is 15.5 Å². The zero-order chi connectivity index (χ0) is 14.0. The fourth-order valence-corrected chi connectivity index (χ4v) is 1.54. The topological polar surface area (TPSA) is 57.8 Å². The van der Waals surface area contributed by atoms with Crippen molar-refractivity contribution in [1.29, 1.82) is 0 Å². The van der Waals surface area contributed by atoms with Crippen LogP contribution >= 0.6 is 11.6 Å². The Bertz CT molecular complexity index is 592. The molecule has 0 aliphatic rings. The van der Waals surface area contributed by atoms with Crippen molar-refractivity contribution in [3.8, 4) is 0 Å². The molecule has 1 aromatic heterocycles. The molecule has 0 radical (unpaired) electrons. The van der Waals surface area contributed by atoms with Crippen LogP contribution in [0.3, 0.4) is 0 Å². The fourth-order valence-electron chi connectivity index (χ4n) is 1.37. The molecule has 2 N–H and O–H groups in total. The van der Waals surface area contributed by atoms with E-state index in [9.17, 15) is 18.0 Å². The number of carbonyl (C=O) groups excluding carboxylic acids is 1. The molecule has 2 rings (SSSR count). The summed E-state index contributed by atoms with van der Waals surface area (Å²) >= 11 is 5.68. The molecule has 0 saturated heterocycles. The molecule has 0 aliphatic carbocycles. The number of aromatic amines is 1. The summed E-state index contributed by atoms with van der Waals surface area (Å²) in [4.78, 5) is 11.7. The van der Waals surface area contributed by atoms with Gasteiger partial charge in [-0.05, 0) is 24.3 Å². The van der Waals surface area contributed by atoms with Crippen LogP contribution in [0.4, 0.5) is 18.9 Å². The second-order valence-corrected chi connectivity index (χ2v) is 4.03. The molecule has 19 heavy (non-hydrogen) atoms. The van der Waals surface area contributed by atoms with Crippen LogP contribution < -0.4 is 5.32 Å². The van der Waals surface area contributed by atoms with E-state index in [4.69, 9.17) is 11.6 Å². The minimum Gasteiger partial charge on any atom is -0.321 e. The molecule has 0 unspecified atom stereocenters. The van der Waals surface area contributed by atoms with Gasteiger partial charge in [0.2, 0.25) is 0 Å². The number of nitrogens with zero attached hydrogens (tertiary/aromatic N) is 1. The van der Waals surface area contributed by atoms with Gasteiger partial charge in [0, 0.05) is 5.69 Å². The molecule has 1 amide bonds. The number of halogens is 4. The zero-order valence-electron chi connectivity index (χ0n) is 9.25. The van der Waals surface area contributed by atoms with E-state index in [1.54, 1.807) is 0 Å². The minimum atomic E-state index is -4.41. The summed E-state index contributed by atoms with van der Waals surface area (Å²) in [5.41, 5.74) is -0.518. The van der Waals surface area contributed by atoms with Gasteiger partial charge in [-0.15, -0.1) is 0 Å². The average molecular weight is 290 g/mol. The molecule has 4 nitrogen and oxygen atoms in total. The highest BCUT2D eigenvalue weighted by atomic mass is 35.5. The van der Waals surface area contributed by atoms with Gasteiger partial charge in [0.25, 0.3) is 5.91 Å². The van der Waals surface area contributed by atoms with Gasteiger partial charge in [0.1, 0.15) is 5.69 Å². The largest absolute Gasteiger partial charge is 0.416 e. The standard InChI is InChI=1S/C11H7ClF3N3O/c12-8-5-16-18-9(8)10(19)17-7-3-1-6(2-4-7)11(13,14)15/h1-5H,(H,16,18)(H,17,19). The number of H-pyrrole nitrogens is 1. The summed E-state index contributed by atoms with van der Waals surface area (Å²) < 4.78 is 37.0. The van der Waals surface area contributed by atoms with Crippen molar-refractivity contribution in [2.24, 2.45) is 0 Å². The van der Waals surface area contributed by atoms with Crippen LogP contribution in [0.2, 0.25) is 5.02 Å². The second-order valence-electron chi connectivity index (χ2n) is 3.62. The Balaban J connectivity index is 2.12. The Hall–Kier alpha value is -2.02. The number of hydrogen-bond donors (Lipinski definition) is 2. The van der Waals surface area contributed by atoms with Crippen molar-refractivity contribution < 1.29 is 18.0 Å². The number of hydrogen-bond acceptors (Lipinski definition) is 2. The highest BCUT2D eigenvalue weighted by molar-refractivity contribution is 6.34. The summed E-state index contributed by atoms with van der Waals surface area (Å²) in [6, 6.07) is 4.07. The van der Waals surface area contributed by atoms with E-state index in [0.717, 1.165) is 24.3 Å². The van der Waals surface area contributed by atoms with Gasteiger partial charge >= 0.3 is 6.18 Å². The Morgan fingerprint density at radius 1 is 1.26 bits per heavy atom. The molecule has 100 valence electrons. The van der Waals surface area contributed by atoms with Crippen molar-refractivity contribution in [2.75, 3.05) is 5.32 Å². The average Bonchev–Trinajstić information content (AvgIpc) is 2.75. The third-order valence-corrected chi connectivity index (χ3v) is 2.58. The Labute approximate surface area is 110 Å². The molecule has 2 aromatic rings. The first-order valence-corrected chi connectivity index (χ1v) is 5.43. The smallest absolute Gasteiger partial charge is 0.321 e. The normalized spacial score (nSPS) is 11.4. The SMILES string of the molecule is O=C(Nc1ccc(C(F)(F)F)cc1)c1[nH]ncc1Cl. The highest BCUT2D eigenvalue weighted by Crippen LogP contribution is 2.29. The summed E-state index contributed by atoms with van der Waals surface area (Å²) in [5.74, 6) is -0.581. The lowest BCUT2D eigenvalue weighted by Crippen LogP contribution is -2.13. The Morgan fingerprint density at radius 2 is 1.89 bits per heavy atom. The fraction of sp³-hybridized carbons (Fsp3) is 0.0909. The van der Waals surface area contributed by atoms with E-state index in [1.807, 2.05) is 0 Å². The molecule has 0 bridgehead atoms. The lowest BCUT2D eigenvalue weighted by molar-refractivity contribution is -0.137. The predicted octanol–water partition coefficient (Wildman–Crippen LogP) is 3.33. The van der Waals surface area contributed by atoms with Gasteiger partial charge in [-0.25, -0.2) is 0 Å². The van der Waals surface area contributed by atoms with E-state index in [-0.39, 0.29) is 16.4 Å². The number of aromatic nitrogens is 2. The van der Waals surface area contributed by atoms with Gasteiger partial charge in [-0.2, -0.15) is 18.3 Å². The molecule has 1 heterocycles. The summed E-state index contributed by atoms with van der Waals surface area (Å²) in [5, 5.41) is 8.48. The quantitative estimate of drug-likeness (QED) is 0.891. The maximum absolute atomic E-state index is 12.3. The van der Waals surface area contributed by atoms with Crippen molar-refractivity contribution in [3.63, 3.8) is 0 Å². The first-order valence-electron chi connectivity index (χ1n) is 5.05. The van der Waals surface area contributed by atoms with Gasteiger partial charge < -0.3 is 5.32 Å². The number of anilines is 1. The van der Waals surface area contributed by atoms with E-state index in [0.29, 0.717) is 0 Å². The lowest BCUT2D eigenvalue weighted by Gasteiger charge is -2.08. The summed E-state index contributed by atoms with van der Waals surface area (Å²) in [6.45, 7) is 0. The number of carbonyl (C=O) groups is 1.